The molecular formula is C16H15NO3. The summed E-state index contributed by atoms with van der Waals surface area (Å²) in [7, 11) is 0. The molecule has 1 aliphatic rings. The Morgan fingerprint density at radius 3 is 2.85 bits per heavy atom. The number of carbonyl (C=O) groups is 1. The van der Waals surface area contributed by atoms with E-state index >= 15 is 0 Å². The average Bonchev–Trinajstić information content (AvgIpc) is 2.92. The van der Waals surface area contributed by atoms with Gasteiger partial charge in [-0.15, -0.1) is 0 Å². The first-order valence-electron chi connectivity index (χ1n) is 6.46. The SMILES string of the molecule is Cc1cccc(C(=O)NCc2ccc3c(c2)OCO3)c1. The van der Waals surface area contributed by atoms with Gasteiger partial charge in [0.1, 0.15) is 0 Å². The molecule has 0 spiro atoms. The minimum absolute atomic E-state index is 0.0774. The van der Waals surface area contributed by atoms with Crippen LogP contribution in [0.3, 0.4) is 0 Å². The molecule has 0 atom stereocenters. The summed E-state index contributed by atoms with van der Waals surface area (Å²) < 4.78 is 10.6. The zero-order chi connectivity index (χ0) is 13.9. The molecule has 3 rings (SSSR count). The first-order valence-corrected chi connectivity index (χ1v) is 6.46. The number of fused-ring (bicyclic) bond motifs is 1. The van der Waals surface area contributed by atoms with E-state index in [1.54, 1.807) is 0 Å². The fourth-order valence-electron chi connectivity index (χ4n) is 2.12. The third kappa shape index (κ3) is 2.59. The van der Waals surface area contributed by atoms with Gasteiger partial charge in [0, 0.05) is 12.1 Å². The Labute approximate surface area is 117 Å². The van der Waals surface area contributed by atoms with E-state index in [1.807, 2.05) is 49.4 Å². The summed E-state index contributed by atoms with van der Waals surface area (Å²) in [6.07, 6.45) is 0. The molecule has 0 aromatic heterocycles. The van der Waals surface area contributed by atoms with Gasteiger partial charge in [0.05, 0.1) is 0 Å². The second kappa shape index (κ2) is 5.25. The topological polar surface area (TPSA) is 47.6 Å². The highest BCUT2D eigenvalue weighted by Gasteiger charge is 2.13. The molecule has 1 N–H and O–H groups in total. The third-order valence-electron chi connectivity index (χ3n) is 3.17. The zero-order valence-electron chi connectivity index (χ0n) is 11.2. The van der Waals surface area contributed by atoms with Crippen LogP contribution in [0.25, 0.3) is 0 Å². The lowest BCUT2D eigenvalue weighted by Crippen LogP contribution is -2.22. The van der Waals surface area contributed by atoms with E-state index in [0.717, 1.165) is 22.6 Å². The lowest BCUT2D eigenvalue weighted by molar-refractivity contribution is 0.0950. The van der Waals surface area contributed by atoms with E-state index in [0.29, 0.717) is 12.1 Å². The van der Waals surface area contributed by atoms with Crippen molar-refractivity contribution in [2.75, 3.05) is 6.79 Å². The lowest BCUT2D eigenvalue weighted by atomic mass is 10.1. The summed E-state index contributed by atoms with van der Waals surface area (Å²) in [5.74, 6) is 1.40. The monoisotopic (exact) mass is 269 g/mol. The number of ether oxygens (including phenoxy) is 2. The van der Waals surface area contributed by atoms with Crippen molar-refractivity contribution in [2.24, 2.45) is 0 Å². The second-order valence-electron chi connectivity index (χ2n) is 4.74. The van der Waals surface area contributed by atoms with E-state index in [2.05, 4.69) is 5.32 Å². The van der Waals surface area contributed by atoms with Crippen LogP contribution in [0.15, 0.2) is 42.5 Å². The van der Waals surface area contributed by atoms with Gasteiger partial charge in [0.2, 0.25) is 6.79 Å². The van der Waals surface area contributed by atoms with Crippen molar-refractivity contribution < 1.29 is 14.3 Å². The van der Waals surface area contributed by atoms with E-state index in [1.165, 1.54) is 0 Å². The maximum absolute atomic E-state index is 12.0. The van der Waals surface area contributed by atoms with Crippen LogP contribution < -0.4 is 14.8 Å². The van der Waals surface area contributed by atoms with Crippen LogP contribution in [0.2, 0.25) is 0 Å². The van der Waals surface area contributed by atoms with Crippen LogP contribution in [0.1, 0.15) is 21.5 Å². The smallest absolute Gasteiger partial charge is 0.251 e. The Morgan fingerprint density at radius 1 is 1.15 bits per heavy atom. The summed E-state index contributed by atoms with van der Waals surface area (Å²) in [6.45, 7) is 2.69. The van der Waals surface area contributed by atoms with E-state index in [9.17, 15) is 4.79 Å². The van der Waals surface area contributed by atoms with Crippen molar-refractivity contribution in [3.63, 3.8) is 0 Å². The highest BCUT2D eigenvalue weighted by molar-refractivity contribution is 5.94. The molecule has 1 aliphatic heterocycles. The molecule has 2 aromatic carbocycles. The predicted molar refractivity (Wildman–Crippen MR) is 74.9 cm³/mol. The summed E-state index contributed by atoms with van der Waals surface area (Å²) in [6, 6.07) is 13.2. The maximum Gasteiger partial charge on any atom is 0.251 e. The van der Waals surface area contributed by atoms with E-state index < -0.39 is 0 Å². The normalized spacial score (nSPS) is 12.2. The minimum atomic E-state index is -0.0774. The molecule has 0 radical (unpaired) electrons. The second-order valence-corrected chi connectivity index (χ2v) is 4.74. The molecule has 0 bridgehead atoms. The summed E-state index contributed by atoms with van der Waals surface area (Å²) in [4.78, 5) is 12.0. The highest BCUT2D eigenvalue weighted by atomic mass is 16.7. The summed E-state index contributed by atoms with van der Waals surface area (Å²) >= 11 is 0. The number of nitrogens with one attached hydrogen (secondary N) is 1. The molecule has 4 nitrogen and oxygen atoms in total. The maximum atomic E-state index is 12.0. The number of benzene rings is 2. The van der Waals surface area contributed by atoms with Crippen LogP contribution >= 0.6 is 0 Å². The van der Waals surface area contributed by atoms with Crippen LogP contribution in [0.4, 0.5) is 0 Å². The Balaban J connectivity index is 1.66. The molecule has 0 fully saturated rings. The van der Waals surface area contributed by atoms with Gasteiger partial charge in [-0.3, -0.25) is 4.79 Å². The largest absolute Gasteiger partial charge is 0.454 e. The van der Waals surface area contributed by atoms with Crippen molar-refractivity contribution in [1.29, 1.82) is 0 Å². The quantitative estimate of drug-likeness (QED) is 0.931. The molecule has 1 amide bonds. The van der Waals surface area contributed by atoms with Gasteiger partial charge < -0.3 is 14.8 Å². The van der Waals surface area contributed by atoms with Gasteiger partial charge in [-0.2, -0.15) is 0 Å². The number of amides is 1. The van der Waals surface area contributed by atoms with Gasteiger partial charge in [0.15, 0.2) is 11.5 Å². The first-order chi connectivity index (χ1) is 9.72. The van der Waals surface area contributed by atoms with Gasteiger partial charge in [0.25, 0.3) is 5.91 Å². The van der Waals surface area contributed by atoms with Crippen LogP contribution in [-0.2, 0) is 6.54 Å². The molecule has 0 saturated carbocycles. The summed E-state index contributed by atoms with van der Waals surface area (Å²) in [5.41, 5.74) is 2.72. The van der Waals surface area contributed by atoms with Crippen LogP contribution in [-0.4, -0.2) is 12.7 Å². The van der Waals surface area contributed by atoms with Crippen molar-refractivity contribution >= 4 is 5.91 Å². The van der Waals surface area contributed by atoms with Crippen LogP contribution in [0, 0.1) is 6.92 Å². The fourth-order valence-corrected chi connectivity index (χ4v) is 2.12. The van der Waals surface area contributed by atoms with Gasteiger partial charge in [-0.25, -0.2) is 0 Å². The van der Waals surface area contributed by atoms with E-state index in [-0.39, 0.29) is 12.7 Å². The van der Waals surface area contributed by atoms with Crippen LogP contribution in [0.5, 0.6) is 11.5 Å². The van der Waals surface area contributed by atoms with Crippen molar-refractivity contribution in [3.05, 3.63) is 59.2 Å². The molecule has 1 heterocycles. The lowest BCUT2D eigenvalue weighted by Gasteiger charge is -2.07. The molecule has 0 saturated heterocycles. The molecule has 2 aromatic rings. The van der Waals surface area contributed by atoms with Gasteiger partial charge in [-0.05, 0) is 36.8 Å². The minimum Gasteiger partial charge on any atom is -0.454 e. The molecule has 0 unspecified atom stereocenters. The third-order valence-corrected chi connectivity index (χ3v) is 3.17. The zero-order valence-corrected chi connectivity index (χ0v) is 11.2. The molecular weight excluding hydrogens is 254 g/mol. The van der Waals surface area contributed by atoms with Crippen molar-refractivity contribution in [1.82, 2.24) is 5.32 Å². The highest BCUT2D eigenvalue weighted by Crippen LogP contribution is 2.32. The standard InChI is InChI=1S/C16H15NO3/c1-11-3-2-4-13(7-11)16(18)17-9-12-5-6-14-15(8-12)20-10-19-14/h2-8H,9-10H2,1H3,(H,17,18). The van der Waals surface area contributed by atoms with E-state index in [4.69, 9.17) is 9.47 Å². The Morgan fingerprint density at radius 2 is 2.00 bits per heavy atom. The Bertz CT molecular complexity index is 652. The molecule has 102 valence electrons. The summed E-state index contributed by atoms with van der Waals surface area (Å²) in [5, 5.41) is 2.90. The number of hydrogen-bond donors (Lipinski definition) is 1. The fraction of sp³-hybridized carbons (Fsp3) is 0.188. The number of carbonyl (C=O) groups excluding carboxylic acids is 1. The van der Waals surface area contributed by atoms with Crippen molar-refractivity contribution in [2.45, 2.75) is 13.5 Å². The number of hydrogen-bond acceptors (Lipinski definition) is 3. The Hall–Kier alpha value is -2.49. The molecule has 4 heteroatoms. The average molecular weight is 269 g/mol. The van der Waals surface area contributed by atoms with Crippen molar-refractivity contribution in [3.8, 4) is 11.5 Å². The molecule has 20 heavy (non-hydrogen) atoms. The number of aryl methyl sites for hydroxylation is 1. The number of rotatable bonds is 3. The van der Waals surface area contributed by atoms with Gasteiger partial charge >= 0.3 is 0 Å². The predicted octanol–water partition coefficient (Wildman–Crippen LogP) is 2.65. The molecule has 0 aliphatic carbocycles. The first kappa shape index (κ1) is 12.5. The Kier molecular flexibility index (Phi) is 3.29. The van der Waals surface area contributed by atoms with Gasteiger partial charge in [-0.1, -0.05) is 23.8 Å².